The van der Waals surface area contributed by atoms with Gasteiger partial charge in [0.2, 0.25) is 0 Å². The Bertz CT molecular complexity index is 702. The predicted octanol–water partition coefficient (Wildman–Crippen LogP) is 2.49. The fourth-order valence-corrected chi connectivity index (χ4v) is 2.73. The number of rotatable bonds is 5. The number of ether oxygens (including phenoxy) is 2. The maximum Gasteiger partial charge on any atom is 0.315 e. The molecule has 2 heterocycles. The second-order valence-corrected chi connectivity index (χ2v) is 6.23. The van der Waals surface area contributed by atoms with Crippen molar-refractivity contribution in [2.75, 3.05) is 13.2 Å². The second kappa shape index (κ2) is 7.92. The number of carbonyl (C=O) groups is 1. The Hall–Kier alpha value is -2.70. The van der Waals surface area contributed by atoms with Crippen molar-refractivity contribution < 1.29 is 14.3 Å². The Morgan fingerprint density at radius 3 is 2.80 bits per heavy atom. The molecule has 7 heteroatoms. The van der Waals surface area contributed by atoms with E-state index in [-0.39, 0.29) is 18.1 Å². The summed E-state index contributed by atoms with van der Waals surface area (Å²) in [6.45, 7) is 5.82. The Labute approximate surface area is 147 Å². The molecule has 1 aliphatic rings. The average molecular weight is 344 g/mol. The molecule has 25 heavy (non-hydrogen) atoms. The summed E-state index contributed by atoms with van der Waals surface area (Å²) in [4.78, 5) is 12.2. The first-order chi connectivity index (χ1) is 12.1. The molecule has 2 N–H and O–H groups in total. The highest BCUT2D eigenvalue weighted by Crippen LogP contribution is 2.32. The zero-order valence-corrected chi connectivity index (χ0v) is 14.6. The van der Waals surface area contributed by atoms with Crippen LogP contribution in [0.25, 0.3) is 0 Å². The summed E-state index contributed by atoms with van der Waals surface area (Å²) < 4.78 is 13.1. The summed E-state index contributed by atoms with van der Waals surface area (Å²) in [5.74, 6) is 1.49. The summed E-state index contributed by atoms with van der Waals surface area (Å²) in [5, 5.41) is 10.0. The normalized spacial score (nSPS) is 15.8. The molecule has 134 valence electrons. The first kappa shape index (κ1) is 17.1. The lowest BCUT2D eigenvalue weighted by atomic mass is 10.1. The van der Waals surface area contributed by atoms with Crippen molar-refractivity contribution in [3.05, 3.63) is 42.2 Å². The molecule has 0 radical (unpaired) electrons. The molecule has 0 spiro atoms. The molecule has 0 bridgehead atoms. The summed E-state index contributed by atoms with van der Waals surface area (Å²) in [7, 11) is 0. The van der Waals surface area contributed by atoms with Crippen molar-refractivity contribution in [2.45, 2.75) is 38.9 Å². The Balaban J connectivity index is 1.55. The van der Waals surface area contributed by atoms with Crippen LogP contribution in [-0.2, 0) is 6.54 Å². The fourth-order valence-electron chi connectivity index (χ4n) is 2.73. The van der Waals surface area contributed by atoms with Crippen molar-refractivity contribution in [3.63, 3.8) is 0 Å². The zero-order chi connectivity index (χ0) is 17.6. The highest BCUT2D eigenvalue weighted by molar-refractivity contribution is 5.74. The number of benzene rings is 1. The molecule has 0 saturated heterocycles. The number of aromatic nitrogens is 2. The Morgan fingerprint density at radius 1 is 1.24 bits per heavy atom. The van der Waals surface area contributed by atoms with Gasteiger partial charge in [0.15, 0.2) is 11.5 Å². The van der Waals surface area contributed by atoms with Gasteiger partial charge in [-0.1, -0.05) is 6.07 Å². The van der Waals surface area contributed by atoms with Gasteiger partial charge in [0.1, 0.15) is 0 Å². The van der Waals surface area contributed by atoms with E-state index >= 15 is 0 Å². The summed E-state index contributed by atoms with van der Waals surface area (Å²) in [5.41, 5.74) is 0.971. The van der Waals surface area contributed by atoms with Gasteiger partial charge in [-0.2, -0.15) is 5.10 Å². The monoisotopic (exact) mass is 344 g/mol. The number of urea groups is 1. The molecule has 7 nitrogen and oxygen atoms in total. The highest BCUT2D eigenvalue weighted by Gasteiger charge is 2.16. The molecule has 0 saturated carbocycles. The third-order valence-corrected chi connectivity index (χ3v) is 4.02. The minimum absolute atomic E-state index is 0.0316. The van der Waals surface area contributed by atoms with Crippen LogP contribution >= 0.6 is 0 Å². The first-order valence-electron chi connectivity index (χ1n) is 8.56. The molecule has 1 aromatic heterocycles. The van der Waals surface area contributed by atoms with E-state index in [4.69, 9.17) is 9.47 Å². The minimum atomic E-state index is -0.209. The number of hydrogen-bond acceptors (Lipinski definition) is 4. The highest BCUT2D eigenvalue weighted by atomic mass is 16.5. The quantitative estimate of drug-likeness (QED) is 0.874. The number of amides is 2. The number of fused-ring (bicyclic) bond motifs is 1. The van der Waals surface area contributed by atoms with Crippen LogP contribution in [0.3, 0.4) is 0 Å². The van der Waals surface area contributed by atoms with Gasteiger partial charge in [-0.05, 0) is 37.6 Å². The minimum Gasteiger partial charge on any atom is -0.490 e. The zero-order valence-electron chi connectivity index (χ0n) is 14.6. The van der Waals surface area contributed by atoms with E-state index in [0.717, 1.165) is 23.5 Å². The largest absolute Gasteiger partial charge is 0.490 e. The van der Waals surface area contributed by atoms with Gasteiger partial charge in [-0.25, -0.2) is 4.79 Å². The van der Waals surface area contributed by atoms with E-state index in [1.165, 1.54) is 0 Å². The van der Waals surface area contributed by atoms with Gasteiger partial charge in [0.05, 0.1) is 25.8 Å². The van der Waals surface area contributed by atoms with E-state index in [1.54, 1.807) is 10.9 Å². The van der Waals surface area contributed by atoms with Gasteiger partial charge in [0, 0.05) is 24.9 Å². The van der Waals surface area contributed by atoms with Gasteiger partial charge in [-0.15, -0.1) is 0 Å². The Morgan fingerprint density at radius 2 is 2.04 bits per heavy atom. The standard InChI is InChI=1S/C18H24N4O3/c1-13(12-22-8-3-7-19-22)20-18(23)21-14(2)15-5-6-16-17(11-15)25-10-4-9-24-16/h3,5-8,11,13-14H,4,9-10,12H2,1-2H3,(H2,20,21,23)/t13-,14-/m0/s1. The number of nitrogens with zero attached hydrogens (tertiary/aromatic N) is 2. The van der Waals surface area contributed by atoms with E-state index in [9.17, 15) is 4.79 Å². The van der Waals surface area contributed by atoms with Crippen molar-refractivity contribution in [3.8, 4) is 11.5 Å². The van der Waals surface area contributed by atoms with Gasteiger partial charge < -0.3 is 20.1 Å². The molecule has 2 aromatic rings. The van der Waals surface area contributed by atoms with E-state index < -0.39 is 0 Å². The summed E-state index contributed by atoms with van der Waals surface area (Å²) in [6, 6.07) is 7.25. The van der Waals surface area contributed by atoms with Crippen LogP contribution in [0.15, 0.2) is 36.7 Å². The molecule has 0 fully saturated rings. The van der Waals surface area contributed by atoms with Gasteiger partial charge >= 0.3 is 6.03 Å². The van der Waals surface area contributed by atoms with Crippen LogP contribution < -0.4 is 20.1 Å². The van der Waals surface area contributed by atoms with Crippen molar-refractivity contribution in [2.24, 2.45) is 0 Å². The van der Waals surface area contributed by atoms with Gasteiger partial charge in [-0.3, -0.25) is 4.68 Å². The van der Waals surface area contributed by atoms with Crippen molar-refractivity contribution >= 4 is 6.03 Å². The molecule has 2 atom stereocenters. The molecule has 0 unspecified atom stereocenters. The average Bonchev–Trinajstić information content (AvgIpc) is 2.96. The molecule has 0 aliphatic carbocycles. The van der Waals surface area contributed by atoms with Crippen molar-refractivity contribution in [1.82, 2.24) is 20.4 Å². The maximum atomic E-state index is 12.2. The van der Waals surface area contributed by atoms with Gasteiger partial charge in [0.25, 0.3) is 0 Å². The van der Waals surface area contributed by atoms with Crippen LogP contribution in [0, 0.1) is 0 Å². The summed E-state index contributed by atoms with van der Waals surface area (Å²) >= 11 is 0. The number of nitrogens with one attached hydrogen (secondary N) is 2. The van der Waals surface area contributed by atoms with E-state index in [1.807, 2.05) is 44.3 Å². The van der Waals surface area contributed by atoms with Crippen molar-refractivity contribution in [1.29, 1.82) is 0 Å². The lowest BCUT2D eigenvalue weighted by Crippen LogP contribution is -2.43. The molecule has 2 amide bonds. The molecule has 1 aromatic carbocycles. The lowest BCUT2D eigenvalue weighted by molar-refractivity contribution is 0.233. The van der Waals surface area contributed by atoms with Crippen LogP contribution in [0.1, 0.15) is 31.9 Å². The van der Waals surface area contributed by atoms with E-state index in [0.29, 0.717) is 19.8 Å². The second-order valence-electron chi connectivity index (χ2n) is 6.23. The van der Waals surface area contributed by atoms with Crippen LogP contribution in [0.2, 0.25) is 0 Å². The number of carbonyl (C=O) groups excluding carboxylic acids is 1. The van der Waals surface area contributed by atoms with Crippen LogP contribution in [0.4, 0.5) is 4.79 Å². The third kappa shape index (κ3) is 4.65. The predicted molar refractivity (Wildman–Crippen MR) is 93.8 cm³/mol. The summed E-state index contributed by atoms with van der Waals surface area (Å²) in [6.07, 6.45) is 4.46. The third-order valence-electron chi connectivity index (χ3n) is 4.02. The fraction of sp³-hybridized carbons (Fsp3) is 0.444. The topological polar surface area (TPSA) is 77.4 Å². The smallest absolute Gasteiger partial charge is 0.315 e. The van der Waals surface area contributed by atoms with Crippen LogP contribution in [-0.4, -0.2) is 35.1 Å². The molecule has 1 aliphatic heterocycles. The first-order valence-corrected chi connectivity index (χ1v) is 8.56. The molecular formula is C18H24N4O3. The number of hydrogen-bond donors (Lipinski definition) is 2. The Kier molecular flexibility index (Phi) is 5.42. The molecule has 3 rings (SSSR count). The SMILES string of the molecule is C[C@H](NC(=O)N[C@@H](C)Cn1cccn1)c1ccc2c(c1)OCCCO2. The maximum absolute atomic E-state index is 12.2. The van der Waals surface area contributed by atoms with Crippen LogP contribution in [0.5, 0.6) is 11.5 Å². The lowest BCUT2D eigenvalue weighted by Gasteiger charge is -2.19. The molecular weight excluding hydrogens is 320 g/mol. The van der Waals surface area contributed by atoms with E-state index in [2.05, 4.69) is 15.7 Å².